The zero-order valence-corrected chi connectivity index (χ0v) is 16.7. The zero-order valence-electron chi connectivity index (χ0n) is 15.1. The van der Waals surface area contributed by atoms with Crippen LogP contribution in [0.25, 0.3) is 11.4 Å². The Morgan fingerprint density at radius 2 is 1.89 bits per heavy atom. The van der Waals surface area contributed by atoms with Crippen LogP contribution in [-0.4, -0.2) is 33.2 Å². The fraction of sp³-hybridized carbons (Fsp3) is 0.250. The van der Waals surface area contributed by atoms with Gasteiger partial charge in [0.2, 0.25) is 17.6 Å². The lowest BCUT2D eigenvalue weighted by Gasteiger charge is -2.21. The summed E-state index contributed by atoms with van der Waals surface area (Å²) in [6.07, 6.45) is 0.718. The Labute approximate surface area is 167 Å². The minimum atomic E-state index is -0.187. The summed E-state index contributed by atoms with van der Waals surface area (Å²) in [5.74, 6) is 0.960. The molecule has 3 rings (SSSR count). The van der Waals surface area contributed by atoms with Crippen LogP contribution in [-0.2, 0) is 11.3 Å². The molecule has 0 radical (unpaired) electrons. The molecule has 27 heavy (non-hydrogen) atoms. The molecule has 5 nitrogen and oxygen atoms in total. The number of amides is 1. The molecule has 0 aliphatic carbocycles. The van der Waals surface area contributed by atoms with Gasteiger partial charge in [-0.3, -0.25) is 4.79 Å². The highest BCUT2D eigenvalue weighted by Crippen LogP contribution is 2.28. The largest absolute Gasteiger partial charge is 0.337 e. The number of carbonyl (C=O) groups excluding carboxylic acids is 1. The number of hydrogen-bond donors (Lipinski definition) is 0. The molecule has 0 spiro atoms. The number of carbonyl (C=O) groups is 1. The summed E-state index contributed by atoms with van der Waals surface area (Å²) in [6, 6.07) is 17.1. The van der Waals surface area contributed by atoms with Gasteiger partial charge in [0.05, 0.1) is 11.8 Å². The van der Waals surface area contributed by atoms with E-state index in [1.807, 2.05) is 61.5 Å². The predicted molar refractivity (Wildman–Crippen MR) is 108 cm³/mol. The van der Waals surface area contributed by atoms with Gasteiger partial charge < -0.3 is 9.42 Å². The van der Waals surface area contributed by atoms with E-state index < -0.39 is 0 Å². The van der Waals surface area contributed by atoms with Crippen LogP contribution in [0.1, 0.15) is 19.2 Å². The number of rotatable bonds is 7. The van der Waals surface area contributed by atoms with E-state index in [9.17, 15) is 4.79 Å². The quantitative estimate of drug-likeness (QED) is 0.526. The first-order valence-electron chi connectivity index (χ1n) is 8.62. The maximum Gasteiger partial charge on any atom is 0.246 e. The molecular weight excluding hydrogens is 382 g/mol. The van der Waals surface area contributed by atoms with Gasteiger partial charge >= 0.3 is 0 Å². The lowest BCUT2D eigenvalue weighted by molar-refractivity contribution is -0.130. The second-order valence-corrected chi connectivity index (χ2v) is 7.75. The predicted octanol–water partition coefficient (Wildman–Crippen LogP) is 4.92. The van der Waals surface area contributed by atoms with Crippen molar-refractivity contribution in [3.05, 3.63) is 65.5 Å². The van der Waals surface area contributed by atoms with Gasteiger partial charge in [-0.2, -0.15) is 4.98 Å². The molecule has 0 aliphatic heterocycles. The molecule has 0 unspecified atom stereocenters. The van der Waals surface area contributed by atoms with Crippen molar-refractivity contribution in [1.82, 2.24) is 15.0 Å². The molecule has 0 fully saturated rings. The smallest absolute Gasteiger partial charge is 0.246 e. The maximum absolute atomic E-state index is 12.8. The van der Waals surface area contributed by atoms with Gasteiger partial charge in [0.1, 0.15) is 0 Å². The van der Waals surface area contributed by atoms with Crippen molar-refractivity contribution in [1.29, 1.82) is 0 Å². The molecule has 1 aromatic heterocycles. The van der Waals surface area contributed by atoms with Gasteiger partial charge in [0.25, 0.3) is 0 Å². The maximum atomic E-state index is 12.8. The number of aromatic nitrogens is 2. The van der Waals surface area contributed by atoms with Crippen molar-refractivity contribution < 1.29 is 9.32 Å². The Balaban J connectivity index is 1.64. The fourth-order valence-electron chi connectivity index (χ4n) is 2.54. The topological polar surface area (TPSA) is 59.2 Å². The van der Waals surface area contributed by atoms with E-state index in [1.165, 1.54) is 11.8 Å². The Bertz CT molecular complexity index is 884. The number of thioether (sulfide) groups is 1. The van der Waals surface area contributed by atoms with Crippen molar-refractivity contribution in [2.24, 2.45) is 0 Å². The van der Waals surface area contributed by atoms with Crippen LogP contribution in [0, 0.1) is 0 Å². The second-order valence-electron chi connectivity index (χ2n) is 6.04. The lowest BCUT2D eigenvalue weighted by atomic mass is 10.2. The summed E-state index contributed by atoms with van der Waals surface area (Å²) in [6.45, 7) is 2.27. The lowest BCUT2D eigenvalue weighted by Crippen LogP contribution is -2.34. The Kier molecular flexibility index (Phi) is 6.53. The minimum Gasteiger partial charge on any atom is -0.337 e. The number of halogens is 1. The van der Waals surface area contributed by atoms with Crippen molar-refractivity contribution >= 4 is 29.3 Å². The molecule has 0 N–H and O–H groups in total. The normalized spacial score (nSPS) is 12.0. The highest BCUT2D eigenvalue weighted by molar-refractivity contribution is 8.00. The first-order valence-corrected chi connectivity index (χ1v) is 9.87. The van der Waals surface area contributed by atoms with Crippen LogP contribution in [0.15, 0.2) is 64.0 Å². The Morgan fingerprint density at radius 3 is 2.56 bits per heavy atom. The molecule has 0 aliphatic rings. The molecule has 1 amide bonds. The molecule has 3 aromatic rings. The summed E-state index contributed by atoms with van der Waals surface area (Å²) >= 11 is 7.45. The minimum absolute atomic E-state index is 0.0249. The van der Waals surface area contributed by atoms with Gasteiger partial charge in [-0.15, -0.1) is 11.8 Å². The summed E-state index contributed by atoms with van der Waals surface area (Å²) in [5.41, 5.74) is 0.881. The van der Waals surface area contributed by atoms with Crippen molar-refractivity contribution in [3.63, 3.8) is 0 Å². The number of nitrogens with zero attached hydrogens (tertiary/aromatic N) is 3. The summed E-state index contributed by atoms with van der Waals surface area (Å²) in [5, 5.41) is 4.49. The monoisotopic (exact) mass is 401 g/mol. The molecular formula is C20H20ClN3O2S. The first kappa shape index (κ1) is 19.5. The van der Waals surface area contributed by atoms with Crippen molar-refractivity contribution in [2.45, 2.75) is 30.0 Å². The number of benzene rings is 2. The van der Waals surface area contributed by atoms with Crippen LogP contribution in [0.4, 0.5) is 0 Å². The van der Waals surface area contributed by atoms with Crippen molar-refractivity contribution in [3.8, 4) is 11.4 Å². The van der Waals surface area contributed by atoms with Gasteiger partial charge in [0, 0.05) is 22.5 Å². The third-order valence-electron chi connectivity index (χ3n) is 3.99. The van der Waals surface area contributed by atoms with Gasteiger partial charge in [-0.25, -0.2) is 0 Å². The van der Waals surface area contributed by atoms with Gasteiger partial charge in [-0.05, 0) is 30.7 Å². The third-order valence-corrected chi connectivity index (χ3v) is 5.60. The Hall–Kier alpha value is -2.31. The van der Waals surface area contributed by atoms with Gasteiger partial charge in [0.15, 0.2) is 0 Å². The van der Waals surface area contributed by atoms with E-state index >= 15 is 0 Å². The van der Waals surface area contributed by atoms with Gasteiger partial charge in [-0.1, -0.05) is 54.0 Å². The molecule has 1 atom stereocenters. The third kappa shape index (κ3) is 5.11. The summed E-state index contributed by atoms with van der Waals surface area (Å²) in [4.78, 5) is 19.8. The van der Waals surface area contributed by atoms with E-state index in [4.69, 9.17) is 16.1 Å². The molecule has 7 heteroatoms. The van der Waals surface area contributed by atoms with E-state index in [0.717, 1.165) is 16.9 Å². The molecule has 0 saturated carbocycles. The number of hydrogen-bond acceptors (Lipinski definition) is 5. The summed E-state index contributed by atoms with van der Waals surface area (Å²) in [7, 11) is 1.75. The van der Waals surface area contributed by atoms with E-state index in [-0.39, 0.29) is 17.7 Å². The first-order chi connectivity index (χ1) is 13.1. The van der Waals surface area contributed by atoms with E-state index in [2.05, 4.69) is 10.1 Å². The zero-order chi connectivity index (χ0) is 19.2. The fourth-order valence-corrected chi connectivity index (χ4v) is 3.73. The highest BCUT2D eigenvalue weighted by Gasteiger charge is 2.23. The second kappa shape index (κ2) is 9.06. The molecule has 0 bridgehead atoms. The molecule has 140 valence electrons. The average molecular weight is 402 g/mol. The van der Waals surface area contributed by atoms with Crippen LogP contribution in [0.3, 0.4) is 0 Å². The van der Waals surface area contributed by atoms with Crippen molar-refractivity contribution in [2.75, 3.05) is 7.05 Å². The van der Waals surface area contributed by atoms with Crippen LogP contribution in [0.2, 0.25) is 5.02 Å². The van der Waals surface area contributed by atoms with Crippen LogP contribution >= 0.6 is 23.4 Å². The molecule has 1 heterocycles. The van der Waals surface area contributed by atoms with Crippen LogP contribution in [0.5, 0.6) is 0 Å². The average Bonchev–Trinajstić information content (AvgIpc) is 3.16. The highest BCUT2D eigenvalue weighted by atomic mass is 35.5. The van der Waals surface area contributed by atoms with E-state index in [0.29, 0.717) is 16.7 Å². The SMILES string of the molecule is CC[C@@H](Sc1ccc(Cl)cc1)C(=O)N(C)Cc1nc(-c2ccccc2)no1. The molecule has 0 saturated heterocycles. The summed E-state index contributed by atoms with van der Waals surface area (Å²) < 4.78 is 5.31. The standard InChI is InChI=1S/C20H20ClN3O2S/c1-3-17(27-16-11-9-15(21)10-12-16)20(25)24(2)13-18-22-19(23-26-18)14-7-5-4-6-8-14/h4-12,17H,3,13H2,1-2H3/t17-/m1/s1. The molecule has 2 aromatic carbocycles. The van der Waals surface area contributed by atoms with Crippen LogP contribution < -0.4 is 0 Å². The van der Waals surface area contributed by atoms with E-state index in [1.54, 1.807) is 11.9 Å². The Morgan fingerprint density at radius 1 is 1.19 bits per heavy atom.